The maximum atomic E-state index is 9.02. The summed E-state index contributed by atoms with van der Waals surface area (Å²) in [5.74, 6) is 0.905. The van der Waals surface area contributed by atoms with Crippen molar-refractivity contribution in [3.8, 4) is 11.8 Å². The predicted molar refractivity (Wildman–Crippen MR) is 74.7 cm³/mol. The van der Waals surface area contributed by atoms with Crippen molar-refractivity contribution in [2.75, 3.05) is 18.1 Å². The van der Waals surface area contributed by atoms with Crippen molar-refractivity contribution in [3.63, 3.8) is 0 Å². The van der Waals surface area contributed by atoms with Gasteiger partial charge in [-0.05, 0) is 36.8 Å². The molecule has 0 atom stereocenters. The number of ether oxygens (including phenoxy) is 1. The van der Waals surface area contributed by atoms with Gasteiger partial charge >= 0.3 is 0 Å². The zero-order valence-corrected chi connectivity index (χ0v) is 10.5. The molecule has 0 bridgehead atoms. The molecule has 0 saturated carbocycles. The van der Waals surface area contributed by atoms with Gasteiger partial charge in [-0.2, -0.15) is 5.26 Å². The molecule has 0 aromatic heterocycles. The number of rotatable bonds is 1. The van der Waals surface area contributed by atoms with Crippen molar-refractivity contribution < 1.29 is 4.74 Å². The second-order valence-electron chi connectivity index (χ2n) is 4.48. The lowest BCUT2D eigenvalue weighted by Crippen LogP contribution is -2.17. The lowest BCUT2D eigenvalue weighted by Gasteiger charge is -2.23. The third kappa shape index (κ3) is 2.25. The van der Waals surface area contributed by atoms with Crippen LogP contribution >= 0.6 is 0 Å². The van der Waals surface area contributed by atoms with Gasteiger partial charge in [-0.3, -0.25) is 0 Å². The molecule has 0 unspecified atom stereocenters. The zero-order chi connectivity index (χ0) is 13.1. The van der Waals surface area contributed by atoms with Crippen LogP contribution in [-0.4, -0.2) is 13.2 Å². The number of fused-ring (bicyclic) bond motifs is 1. The Balaban J connectivity index is 2.07. The minimum Gasteiger partial charge on any atom is -0.491 e. The lowest BCUT2D eigenvalue weighted by atomic mass is 10.1. The summed E-state index contributed by atoms with van der Waals surface area (Å²) in [6.45, 7) is 1.62. The van der Waals surface area contributed by atoms with Crippen LogP contribution < -0.4 is 9.64 Å². The van der Waals surface area contributed by atoms with Crippen molar-refractivity contribution in [2.45, 2.75) is 6.42 Å². The van der Waals surface area contributed by atoms with Crippen LogP contribution in [0.4, 0.5) is 11.4 Å². The van der Waals surface area contributed by atoms with E-state index in [1.54, 1.807) is 0 Å². The van der Waals surface area contributed by atoms with E-state index in [0.29, 0.717) is 5.56 Å². The van der Waals surface area contributed by atoms with Gasteiger partial charge in [0.05, 0.1) is 23.9 Å². The molecule has 1 aliphatic rings. The van der Waals surface area contributed by atoms with Crippen molar-refractivity contribution in [3.05, 3.63) is 54.1 Å². The fourth-order valence-corrected chi connectivity index (χ4v) is 2.34. The molecule has 2 aromatic carbocycles. The summed E-state index contributed by atoms with van der Waals surface area (Å²) in [6, 6.07) is 17.9. The van der Waals surface area contributed by atoms with Crippen LogP contribution in [0.3, 0.4) is 0 Å². The molecule has 0 N–H and O–H groups in total. The van der Waals surface area contributed by atoms with E-state index < -0.39 is 0 Å². The van der Waals surface area contributed by atoms with E-state index in [2.05, 4.69) is 17.0 Å². The minimum absolute atomic E-state index is 0.681. The maximum Gasteiger partial charge on any atom is 0.142 e. The molecule has 19 heavy (non-hydrogen) atoms. The summed E-state index contributed by atoms with van der Waals surface area (Å²) in [5, 5.41) is 9.02. The number of nitriles is 1. The van der Waals surface area contributed by atoms with Gasteiger partial charge in [0.25, 0.3) is 0 Å². The van der Waals surface area contributed by atoms with Crippen molar-refractivity contribution in [1.82, 2.24) is 0 Å². The van der Waals surface area contributed by atoms with Crippen molar-refractivity contribution in [1.29, 1.82) is 5.26 Å². The van der Waals surface area contributed by atoms with E-state index in [0.717, 1.165) is 36.7 Å². The molecule has 2 aromatic rings. The van der Waals surface area contributed by atoms with Crippen LogP contribution in [-0.2, 0) is 0 Å². The summed E-state index contributed by atoms with van der Waals surface area (Å²) in [4.78, 5) is 2.21. The predicted octanol–water partition coefficient (Wildman–Crippen LogP) is 3.48. The second-order valence-corrected chi connectivity index (χ2v) is 4.48. The Labute approximate surface area is 112 Å². The summed E-state index contributed by atoms with van der Waals surface area (Å²) in [5.41, 5.74) is 2.78. The van der Waals surface area contributed by atoms with Gasteiger partial charge in [0, 0.05) is 12.2 Å². The SMILES string of the molecule is N#Cc1cccc(N2CCCOc3ccccc32)c1. The number of benzene rings is 2. The van der Waals surface area contributed by atoms with E-state index in [1.165, 1.54) is 0 Å². The van der Waals surface area contributed by atoms with Crippen LogP contribution in [0.1, 0.15) is 12.0 Å². The molecule has 3 heteroatoms. The largest absolute Gasteiger partial charge is 0.491 e. The highest BCUT2D eigenvalue weighted by Gasteiger charge is 2.17. The Hall–Kier alpha value is -2.47. The molecular formula is C16H14N2O. The van der Waals surface area contributed by atoms with E-state index in [1.807, 2.05) is 42.5 Å². The summed E-state index contributed by atoms with van der Waals surface area (Å²) in [7, 11) is 0. The highest BCUT2D eigenvalue weighted by Crippen LogP contribution is 2.35. The first-order valence-corrected chi connectivity index (χ1v) is 6.38. The van der Waals surface area contributed by atoms with Gasteiger partial charge in [-0.15, -0.1) is 0 Å². The Morgan fingerprint density at radius 3 is 2.89 bits per heavy atom. The lowest BCUT2D eigenvalue weighted by molar-refractivity contribution is 0.322. The molecule has 0 saturated heterocycles. The van der Waals surface area contributed by atoms with Gasteiger partial charge in [-0.1, -0.05) is 18.2 Å². The summed E-state index contributed by atoms with van der Waals surface area (Å²) >= 11 is 0. The van der Waals surface area contributed by atoms with Crippen molar-refractivity contribution in [2.24, 2.45) is 0 Å². The molecule has 0 amide bonds. The standard InChI is InChI=1S/C16H14N2O/c17-12-13-5-3-6-14(11-13)18-9-4-10-19-16-8-2-1-7-15(16)18/h1-3,5-8,11H,4,9-10H2. The van der Waals surface area contributed by atoms with Gasteiger partial charge in [-0.25, -0.2) is 0 Å². The molecule has 94 valence electrons. The number of nitrogens with zero attached hydrogens (tertiary/aromatic N) is 2. The molecule has 1 heterocycles. The number of para-hydroxylation sites is 2. The smallest absolute Gasteiger partial charge is 0.142 e. The zero-order valence-electron chi connectivity index (χ0n) is 10.5. The Bertz CT molecular complexity index is 631. The van der Waals surface area contributed by atoms with Crippen LogP contribution in [0.25, 0.3) is 0 Å². The monoisotopic (exact) mass is 250 g/mol. The summed E-state index contributed by atoms with van der Waals surface area (Å²) in [6.07, 6.45) is 0.964. The van der Waals surface area contributed by atoms with Gasteiger partial charge < -0.3 is 9.64 Å². The van der Waals surface area contributed by atoms with E-state index >= 15 is 0 Å². The highest BCUT2D eigenvalue weighted by molar-refractivity contribution is 5.70. The Morgan fingerprint density at radius 1 is 1.11 bits per heavy atom. The molecule has 3 nitrogen and oxygen atoms in total. The van der Waals surface area contributed by atoms with E-state index in [9.17, 15) is 0 Å². The second kappa shape index (κ2) is 5.03. The normalized spacial score (nSPS) is 13.9. The number of hydrogen-bond acceptors (Lipinski definition) is 3. The Morgan fingerprint density at radius 2 is 2.00 bits per heavy atom. The quantitative estimate of drug-likeness (QED) is 0.777. The third-order valence-electron chi connectivity index (χ3n) is 3.23. The van der Waals surface area contributed by atoms with Crippen LogP contribution in [0.15, 0.2) is 48.5 Å². The first kappa shape index (κ1) is 11.6. The van der Waals surface area contributed by atoms with E-state index in [-0.39, 0.29) is 0 Å². The van der Waals surface area contributed by atoms with E-state index in [4.69, 9.17) is 10.00 Å². The van der Waals surface area contributed by atoms with Gasteiger partial charge in [0.2, 0.25) is 0 Å². The first-order chi connectivity index (χ1) is 9.38. The fourth-order valence-electron chi connectivity index (χ4n) is 2.34. The molecular weight excluding hydrogens is 236 g/mol. The molecule has 0 radical (unpaired) electrons. The molecule has 0 aliphatic carbocycles. The molecule has 0 spiro atoms. The topological polar surface area (TPSA) is 36.3 Å². The first-order valence-electron chi connectivity index (χ1n) is 6.38. The van der Waals surface area contributed by atoms with Crippen LogP contribution in [0.5, 0.6) is 5.75 Å². The Kier molecular flexibility index (Phi) is 3.07. The number of anilines is 2. The van der Waals surface area contributed by atoms with Gasteiger partial charge in [0.15, 0.2) is 0 Å². The molecule has 3 rings (SSSR count). The van der Waals surface area contributed by atoms with Crippen LogP contribution in [0.2, 0.25) is 0 Å². The molecule has 1 aliphatic heterocycles. The van der Waals surface area contributed by atoms with Gasteiger partial charge in [0.1, 0.15) is 5.75 Å². The minimum atomic E-state index is 0.681. The average Bonchev–Trinajstić information content (AvgIpc) is 2.69. The molecule has 0 fully saturated rings. The maximum absolute atomic E-state index is 9.02. The summed E-state index contributed by atoms with van der Waals surface area (Å²) < 4.78 is 5.75. The average molecular weight is 250 g/mol. The number of hydrogen-bond donors (Lipinski definition) is 0. The fraction of sp³-hybridized carbons (Fsp3) is 0.188. The van der Waals surface area contributed by atoms with Crippen LogP contribution in [0, 0.1) is 11.3 Å². The third-order valence-corrected chi connectivity index (χ3v) is 3.23. The van der Waals surface area contributed by atoms with Crippen molar-refractivity contribution >= 4 is 11.4 Å². The highest BCUT2D eigenvalue weighted by atomic mass is 16.5.